The average molecular weight is 254 g/mol. The van der Waals surface area contributed by atoms with Gasteiger partial charge in [0.1, 0.15) is 11.4 Å². The van der Waals surface area contributed by atoms with Gasteiger partial charge >= 0.3 is 6.09 Å². The molecule has 1 aromatic heterocycles. The number of hydrogen-bond donors (Lipinski definition) is 3. The quantitative estimate of drug-likeness (QED) is 0.716. The van der Waals surface area contributed by atoms with E-state index >= 15 is 0 Å². The first-order chi connectivity index (χ1) is 8.30. The highest BCUT2D eigenvalue weighted by Gasteiger charge is 2.15. The second-order valence-corrected chi connectivity index (χ2v) is 4.74. The van der Waals surface area contributed by atoms with Crippen molar-refractivity contribution in [1.82, 2.24) is 15.3 Å². The Labute approximate surface area is 105 Å². The fourth-order valence-electron chi connectivity index (χ4n) is 1.23. The standard InChI is InChI=1S/C11H18N4O3/c1-11(2,3)18-10(17)13-6-7-4-9(16)15-8(5-12)14-7/h4H,5-6,12H2,1-3H3,(H,13,17)(H,14,15,16). The minimum atomic E-state index is -0.561. The largest absolute Gasteiger partial charge is 0.444 e. The van der Waals surface area contributed by atoms with Gasteiger partial charge in [-0.3, -0.25) is 4.79 Å². The second kappa shape index (κ2) is 5.63. The van der Waals surface area contributed by atoms with Gasteiger partial charge in [-0.05, 0) is 20.8 Å². The highest BCUT2D eigenvalue weighted by molar-refractivity contribution is 5.67. The molecule has 1 heterocycles. The van der Waals surface area contributed by atoms with Crippen LogP contribution in [0.2, 0.25) is 0 Å². The van der Waals surface area contributed by atoms with Crippen molar-refractivity contribution in [1.29, 1.82) is 0 Å². The molecule has 0 fully saturated rings. The average Bonchev–Trinajstić information content (AvgIpc) is 2.23. The van der Waals surface area contributed by atoms with E-state index in [0.717, 1.165) is 0 Å². The van der Waals surface area contributed by atoms with Crippen molar-refractivity contribution in [2.45, 2.75) is 39.5 Å². The molecule has 100 valence electrons. The molecule has 4 N–H and O–H groups in total. The Morgan fingerprint density at radius 3 is 2.78 bits per heavy atom. The Morgan fingerprint density at radius 2 is 2.22 bits per heavy atom. The zero-order valence-corrected chi connectivity index (χ0v) is 10.7. The number of carbonyl (C=O) groups excluding carboxylic acids is 1. The summed E-state index contributed by atoms with van der Waals surface area (Å²) >= 11 is 0. The zero-order valence-electron chi connectivity index (χ0n) is 10.7. The van der Waals surface area contributed by atoms with Crippen molar-refractivity contribution in [2.75, 3.05) is 0 Å². The lowest BCUT2D eigenvalue weighted by Gasteiger charge is -2.19. The van der Waals surface area contributed by atoms with Gasteiger partial charge in [-0.1, -0.05) is 0 Å². The van der Waals surface area contributed by atoms with E-state index in [1.54, 1.807) is 20.8 Å². The van der Waals surface area contributed by atoms with Crippen molar-refractivity contribution in [3.63, 3.8) is 0 Å². The molecule has 0 bridgehead atoms. The van der Waals surface area contributed by atoms with Gasteiger partial charge in [-0.25, -0.2) is 9.78 Å². The summed E-state index contributed by atoms with van der Waals surface area (Å²) < 4.78 is 5.06. The lowest BCUT2D eigenvalue weighted by Crippen LogP contribution is -2.32. The van der Waals surface area contributed by atoms with Crippen LogP contribution in [-0.4, -0.2) is 21.7 Å². The molecule has 0 aliphatic heterocycles. The molecule has 0 radical (unpaired) electrons. The summed E-state index contributed by atoms with van der Waals surface area (Å²) in [5, 5.41) is 2.52. The number of nitrogens with zero attached hydrogens (tertiary/aromatic N) is 1. The van der Waals surface area contributed by atoms with Crippen LogP contribution in [0.5, 0.6) is 0 Å². The minimum absolute atomic E-state index is 0.117. The predicted molar refractivity (Wildman–Crippen MR) is 65.8 cm³/mol. The van der Waals surface area contributed by atoms with Crippen molar-refractivity contribution >= 4 is 6.09 Å². The van der Waals surface area contributed by atoms with Gasteiger partial charge in [0, 0.05) is 6.07 Å². The van der Waals surface area contributed by atoms with Crippen LogP contribution in [-0.2, 0) is 17.8 Å². The molecule has 0 saturated carbocycles. The van der Waals surface area contributed by atoms with Crippen LogP contribution in [0.25, 0.3) is 0 Å². The van der Waals surface area contributed by atoms with Crippen molar-refractivity contribution in [2.24, 2.45) is 5.73 Å². The number of alkyl carbamates (subject to hydrolysis) is 1. The molecule has 0 saturated heterocycles. The third kappa shape index (κ3) is 4.96. The van der Waals surface area contributed by atoms with Gasteiger partial charge in [-0.2, -0.15) is 0 Å². The van der Waals surface area contributed by atoms with Gasteiger partial charge < -0.3 is 20.8 Å². The molecular weight excluding hydrogens is 236 g/mol. The lowest BCUT2D eigenvalue weighted by atomic mass is 10.2. The SMILES string of the molecule is CC(C)(C)OC(=O)NCc1cc(=O)[nH]c(CN)n1. The van der Waals surface area contributed by atoms with E-state index in [-0.39, 0.29) is 18.6 Å². The third-order valence-electron chi connectivity index (χ3n) is 1.85. The number of aromatic nitrogens is 2. The molecule has 0 aliphatic carbocycles. The number of nitrogens with two attached hydrogens (primary N) is 1. The van der Waals surface area contributed by atoms with Crippen LogP contribution in [0.15, 0.2) is 10.9 Å². The Bertz CT molecular complexity index is 476. The summed E-state index contributed by atoms with van der Waals surface area (Å²) in [6.45, 7) is 5.56. The first-order valence-corrected chi connectivity index (χ1v) is 5.56. The molecule has 18 heavy (non-hydrogen) atoms. The van der Waals surface area contributed by atoms with E-state index in [1.165, 1.54) is 6.07 Å². The second-order valence-electron chi connectivity index (χ2n) is 4.74. The van der Waals surface area contributed by atoms with Gasteiger partial charge in [-0.15, -0.1) is 0 Å². The minimum Gasteiger partial charge on any atom is -0.444 e. The number of amides is 1. The Kier molecular flexibility index (Phi) is 4.43. The smallest absolute Gasteiger partial charge is 0.407 e. The maximum absolute atomic E-state index is 11.4. The molecule has 0 aliphatic rings. The van der Waals surface area contributed by atoms with Gasteiger partial charge in [0.05, 0.1) is 18.8 Å². The van der Waals surface area contributed by atoms with E-state index in [2.05, 4.69) is 15.3 Å². The van der Waals surface area contributed by atoms with Crippen molar-refractivity contribution < 1.29 is 9.53 Å². The monoisotopic (exact) mass is 254 g/mol. The predicted octanol–water partition coefficient (Wildman–Crippen LogP) is 0.253. The maximum atomic E-state index is 11.4. The number of carbonyl (C=O) groups is 1. The first kappa shape index (κ1) is 14.2. The first-order valence-electron chi connectivity index (χ1n) is 5.56. The summed E-state index contributed by atoms with van der Waals surface area (Å²) in [6, 6.07) is 1.30. The summed E-state index contributed by atoms with van der Waals surface area (Å²) in [5.74, 6) is 0.378. The third-order valence-corrected chi connectivity index (χ3v) is 1.85. The number of rotatable bonds is 3. The molecule has 0 unspecified atom stereocenters. The normalized spacial score (nSPS) is 11.1. The molecule has 0 spiro atoms. The molecule has 1 rings (SSSR count). The topological polar surface area (TPSA) is 110 Å². The van der Waals surface area contributed by atoms with E-state index in [4.69, 9.17) is 10.5 Å². The van der Waals surface area contributed by atoms with Crippen LogP contribution < -0.4 is 16.6 Å². The summed E-state index contributed by atoms with van der Waals surface area (Å²) in [7, 11) is 0. The van der Waals surface area contributed by atoms with E-state index in [0.29, 0.717) is 11.5 Å². The lowest BCUT2D eigenvalue weighted by molar-refractivity contribution is 0.0523. The van der Waals surface area contributed by atoms with E-state index < -0.39 is 11.7 Å². The Balaban J connectivity index is 2.61. The number of ether oxygens (including phenoxy) is 1. The molecule has 0 atom stereocenters. The molecule has 1 aromatic rings. The summed E-state index contributed by atoms with van der Waals surface area (Å²) in [6.07, 6.45) is -0.557. The Morgan fingerprint density at radius 1 is 1.56 bits per heavy atom. The van der Waals surface area contributed by atoms with Crippen LogP contribution >= 0.6 is 0 Å². The summed E-state index contributed by atoms with van der Waals surface area (Å²) in [4.78, 5) is 29.2. The fourth-order valence-corrected chi connectivity index (χ4v) is 1.23. The van der Waals surface area contributed by atoms with Gasteiger partial charge in [0.15, 0.2) is 0 Å². The molecule has 0 aromatic carbocycles. The van der Waals surface area contributed by atoms with Crippen molar-refractivity contribution in [3.8, 4) is 0 Å². The molecule has 1 amide bonds. The van der Waals surface area contributed by atoms with Gasteiger partial charge in [0.2, 0.25) is 0 Å². The van der Waals surface area contributed by atoms with Crippen LogP contribution in [0.1, 0.15) is 32.3 Å². The number of aromatic amines is 1. The Hall–Kier alpha value is -1.89. The molecular formula is C11H18N4O3. The summed E-state index contributed by atoms with van der Waals surface area (Å²) in [5.41, 5.74) is 4.96. The number of H-pyrrole nitrogens is 1. The zero-order chi connectivity index (χ0) is 13.8. The van der Waals surface area contributed by atoms with Crippen molar-refractivity contribution in [3.05, 3.63) is 27.9 Å². The number of hydrogen-bond acceptors (Lipinski definition) is 5. The van der Waals surface area contributed by atoms with Crippen LogP contribution in [0, 0.1) is 0 Å². The van der Waals surface area contributed by atoms with Crippen LogP contribution in [0.3, 0.4) is 0 Å². The fraction of sp³-hybridized carbons (Fsp3) is 0.545. The van der Waals surface area contributed by atoms with E-state index in [1.807, 2.05) is 0 Å². The van der Waals surface area contributed by atoms with Gasteiger partial charge in [0.25, 0.3) is 5.56 Å². The maximum Gasteiger partial charge on any atom is 0.407 e. The molecule has 7 heteroatoms. The molecule has 7 nitrogen and oxygen atoms in total. The van der Waals surface area contributed by atoms with E-state index in [9.17, 15) is 9.59 Å². The highest BCUT2D eigenvalue weighted by atomic mass is 16.6. The van der Waals surface area contributed by atoms with Crippen LogP contribution in [0.4, 0.5) is 4.79 Å². The number of nitrogens with one attached hydrogen (secondary N) is 2. The highest BCUT2D eigenvalue weighted by Crippen LogP contribution is 2.06.